The maximum atomic E-state index is 12.1. The summed E-state index contributed by atoms with van der Waals surface area (Å²) in [5.74, 6) is 1.02. The van der Waals surface area contributed by atoms with Gasteiger partial charge in [0.2, 0.25) is 6.86 Å². The molecule has 1 aromatic heterocycles. The Hall–Kier alpha value is -3.41. The molecule has 1 heterocycles. The Labute approximate surface area is 150 Å². The number of rotatable bonds is 7. The maximum Gasteiger partial charge on any atom is 0.274 e. The number of aromatic nitrogens is 2. The molecule has 3 aromatic rings. The summed E-state index contributed by atoms with van der Waals surface area (Å²) in [6, 6.07) is 16.5. The lowest BCUT2D eigenvalue weighted by Crippen LogP contribution is -2.15. The van der Waals surface area contributed by atoms with Crippen molar-refractivity contribution >= 4 is 11.8 Å². The van der Waals surface area contributed by atoms with E-state index in [1.54, 1.807) is 12.1 Å². The zero-order valence-corrected chi connectivity index (χ0v) is 14.0. The molecule has 0 bridgehead atoms. The highest BCUT2D eigenvalue weighted by Crippen LogP contribution is 2.14. The first-order chi connectivity index (χ1) is 12.8. The third kappa shape index (κ3) is 4.57. The minimum Gasteiger partial charge on any atom is -0.463 e. The van der Waals surface area contributed by atoms with Gasteiger partial charge in [-0.1, -0.05) is 54.6 Å². The first-order valence-electron chi connectivity index (χ1n) is 8.10. The van der Waals surface area contributed by atoms with Crippen molar-refractivity contribution in [2.45, 2.75) is 0 Å². The van der Waals surface area contributed by atoms with Gasteiger partial charge in [-0.15, -0.1) is 0 Å². The van der Waals surface area contributed by atoms with Crippen molar-refractivity contribution in [3.63, 3.8) is 0 Å². The highest BCUT2D eigenvalue weighted by molar-refractivity contribution is 5.56. The summed E-state index contributed by atoms with van der Waals surface area (Å²) in [5, 5.41) is 3.03. The van der Waals surface area contributed by atoms with Crippen LogP contribution in [0.15, 0.2) is 71.7 Å². The van der Waals surface area contributed by atoms with Gasteiger partial charge < -0.3 is 15.0 Å². The molecular formula is C20H18FN3O2. The molecule has 132 valence electrons. The topological polar surface area (TPSA) is 67.0 Å². The second-order valence-corrected chi connectivity index (χ2v) is 5.45. The predicted molar refractivity (Wildman–Crippen MR) is 101 cm³/mol. The lowest BCUT2D eigenvalue weighted by Gasteiger charge is -2.04. The number of anilines is 1. The molecular weight excluding hydrogens is 333 g/mol. The number of H-pyrrole nitrogens is 1. The van der Waals surface area contributed by atoms with Crippen LogP contribution in [0.5, 0.6) is 5.75 Å². The molecule has 0 unspecified atom stereocenters. The van der Waals surface area contributed by atoms with Crippen molar-refractivity contribution in [2.24, 2.45) is 0 Å². The second kappa shape index (κ2) is 8.62. The molecule has 0 amide bonds. The van der Waals surface area contributed by atoms with Gasteiger partial charge in [0.05, 0.1) is 6.20 Å². The number of alkyl halides is 1. The number of hydrogen-bond donors (Lipinski definition) is 2. The van der Waals surface area contributed by atoms with Crippen molar-refractivity contribution < 1.29 is 9.13 Å². The zero-order chi connectivity index (χ0) is 18.2. The van der Waals surface area contributed by atoms with E-state index in [9.17, 15) is 9.18 Å². The number of halogens is 1. The van der Waals surface area contributed by atoms with Crippen LogP contribution in [-0.4, -0.2) is 23.4 Å². The molecule has 0 spiro atoms. The highest BCUT2D eigenvalue weighted by Gasteiger charge is 2.03. The van der Waals surface area contributed by atoms with Gasteiger partial charge in [0.25, 0.3) is 5.56 Å². The highest BCUT2D eigenvalue weighted by atomic mass is 19.1. The summed E-state index contributed by atoms with van der Waals surface area (Å²) in [7, 11) is 0. The van der Waals surface area contributed by atoms with E-state index in [1.165, 1.54) is 6.20 Å². The minimum absolute atomic E-state index is 0.222. The van der Waals surface area contributed by atoms with Gasteiger partial charge in [0, 0.05) is 12.1 Å². The standard InChI is InChI=1S/C20H18FN3O2/c21-14-26-17-10-8-15(9-11-17)5-4-12-22-18-13-23-19(24-20(18)25)16-6-2-1-3-7-16/h1-11,13,22H,12,14H2,(H,23,24,25). The van der Waals surface area contributed by atoms with E-state index in [2.05, 4.69) is 15.3 Å². The molecule has 0 aliphatic rings. The summed E-state index contributed by atoms with van der Waals surface area (Å²) >= 11 is 0. The van der Waals surface area contributed by atoms with Crippen molar-refractivity contribution in [3.05, 3.63) is 82.8 Å². The summed E-state index contributed by atoms with van der Waals surface area (Å²) in [6.45, 7) is -0.372. The Morgan fingerprint density at radius 3 is 2.58 bits per heavy atom. The number of aromatic amines is 1. The average molecular weight is 351 g/mol. The smallest absolute Gasteiger partial charge is 0.274 e. The van der Waals surface area contributed by atoms with E-state index in [0.29, 0.717) is 23.8 Å². The summed E-state index contributed by atoms with van der Waals surface area (Å²) < 4.78 is 16.8. The third-order valence-corrected chi connectivity index (χ3v) is 3.67. The molecule has 0 radical (unpaired) electrons. The van der Waals surface area contributed by atoms with Gasteiger partial charge in [0.15, 0.2) is 0 Å². The van der Waals surface area contributed by atoms with E-state index >= 15 is 0 Å². The van der Waals surface area contributed by atoms with Crippen LogP contribution >= 0.6 is 0 Å². The van der Waals surface area contributed by atoms with Crippen LogP contribution in [0, 0.1) is 0 Å². The second-order valence-electron chi connectivity index (χ2n) is 5.45. The molecule has 0 saturated heterocycles. The molecule has 0 aliphatic carbocycles. The number of nitrogens with zero attached hydrogens (tertiary/aromatic N) is 1. The van der Waals surface area contributed by atoms with Gasteiger partial charge >= 0.3 is 0 Å². The predicted octanol–water partition coefficient (Wildman–Crippen LogP) is 3.87. The van der Waals surface area contributed by atoms with E-state index in [0.717, 1.165) is 11.1 Å². The minimum atomic E-state index is -0.843. The van der Waals surface area contributed by atoms with Crippen LogP contribution < -0.4 is 15.6 Å². The lowest BCUT2D eigenvalue weighted by atomic mass is 10.2. The molecule has 6 heteroatoms. The van der Waals surface area contributed by atoms with Crippen molar-refractivity contribution in [2.75, 3.05) is 18.7 Å². The number of nitrogens with one attached hydrogen (secondary N) is 2. The molecule has 5 nitrogen and oxygen atoms in total. The molecule has 3 rings (SSSR count). The van der Waals surface area contributed by atoms with Crippen LogP contribution in [-0.2, 0) is 0 Å². The maximum absolute atomic E-state index is 12.1. The Bertz CT molecular complexity index is 922. The summed E-state index contributed by atoms with van der Waals surface area (Å²) in [6.07, 6.45) is 5.31. The molecule has 0 saturated carbocycles. The number of ether oxygens (including phenoxy) is 1. The summed E-state index contributed by atoms with van der Waals surface area (Å²) in [5.41, 5.74) is 1.99. The van der Waals surface area contributed by atoms with Gasteiger partial charge in [0.1, 0.15) is 17.3 Å². The van der Waals surface area contributed by atoms with Crippen molar-refractivity contribution in [1.82, 2.24) is 9.97 Å². The summed E-state index contributed by atoms with van der Waals surface area (Å²) in [4.78, 5) is 19.2. The van der Waals surface area contributed by atoms with E-state index in [-0.39, 0.29) is 5.56 Å². The molecule has 2 N–H and O–H groups in total. The Balaban J connectivity index is 1.58. The van der Waals surface area contributed by atoms with E-state index in [1.807, 2.05) is 54.6 Å². The molecule has 2 aromatic carbocycles. The fraction of sp³-hybridized carbons (Fsp3) is 0.100. The van der Waals surface area contributed by atoms with Gasteiger partial charge in [-0.2, -0.15) is 0 Å². The van der Waals surface area contributed by atoms with Gasteiger partial charge in [-0.25, -0.2) is 9.37 Å². The molecule has 26 heavy (non-hydrogen) atoms. The van der Waals surface area contributed by atoms with E-state index < -0.39 is 6.86 Å². The van der Waals surface area contributed by atoms with Gasteiger partial charge in [-0.3, -0.25) is 4.79 Å². The van der Waals surface area contributed by atoms with Crippen LogP contribution in [0.2, 0.25) is 0 Å². The number of benzene rings is 2. The Morgan fingerprint density at radius 1 is 1.12 bits per heavy atom. The first kappa shape index (κ1) is 17.4. The fourth-order valence-electron chi connectivity index (χ4n) is 2.37. The lowest BCUT2D eigenvalue weighted by molar-refractivity contribution is 0.192. The molecule has 0 aliphatic heterocycles. The SMILES string of the molecule is O=c1[nH]c(-c2ccccc2)ncc1NCC=Cc1ccc(OCF)cc1. The van der Waals surface area contributed by atoms with Crippen LogP contribution in [0.4, 0.5) is 10.1 Å². The van der Waals surface area contributed by atoms with Crippen LogP contribution in [0.1, 0.15) is 5.56 Å². The fourth-order valence-corrected chi connectivity index (χ4v) is 2.37. The van der Waals surface area contributed by atoms with Gasteiger partial charge in [-0.05, 0) is 17.7 Å². The van der Waals surface area contributed by atoms with Crippen molar-refractivity contribution in [3.8, 4) is 17.1 Å². The average Bonchev–Trinajstić information content (AvgIpc) is 2.68. The monoisotopic (exact) mass is 351 g/mol. The zero-order valence-electron chi connectivity index (χ0n) is 14.0. The quantitative estimate of drug-likeness (QED) is 0.678. The van der Waals surface area contributed by atoms with Crippen molar-refractivity contribution in [1.29, 1.82) is 0 Å². The molecule has 0 fully saturated rings. The first-order valence-corrected chi connectivity index (χ1v) is 8.10. The van der Waals surface area contributed by atoms with Crippen LogP contribution in [0.25, 0.3) is 17.5 Å². The third-order valence-electron chi connectivity index (χ3n) is 3.67. The molecule has 0 atom stereocenters. The number of hydrogen-bond acceptors (Lipinski definition) is 4. The van der Waals surface area contributed by atoms with E-state index in [4.69, 9.17) is 4.74 Å². The normalized spacial score (nSPS) is 10.8. The largest absolute Gasteiger partial charge is 0.463 e. The Kier molecular flexibility index (Phi) is 5.77. The van der Waals surface area contributed by atoms with Crippen LogP contribution in [0.3, 0.4) is 0 Å². The Morgan fingerprint density at radius 2 is 1.88 bits per heavy atom.